The smallest absolute Gasteiger partial charge is 0.0131 e. The van der Waals surface area contributed by atoms with Crippen molar-refractivity contribution in [2.45, 2.75) is 33.1 Å². The number of hydrogen-bond acceptors (Lipinski definition) is 0. The first-order valence-electron chi connectivity index (χ1n) is 8.68. The first-order valence-corrected chi connectivity index (χ1v) is 8.68. The van der Waals surface area contributed by atoms with Gasteiger partial charge in [0.15, 0.2) is 0 Å². The zero-order valence-corrected chi connectivity index (χ0v) is 15.8. The van der Waals surface area contributed by atoms with E-state index >= 15 is 0 Å². The van der Waals surface area contributed by atoms with Crippen molar-refractivity contribution in [3.63, 3.8) is 0 Å². The highest BCUT2D eigenvalue weighted by Gasteiger charge is 2.14. The Balaban J connectivity index is 2.19. The fourth-order valence-corrected chi connectivity index (χ4v) is 2.55. The van der Waals surface area contributed by atoms with Crippen LogP contribution in [0.3, 0.4) is 0 Å². The predicted molar refractivity (Wildman–Crippen MR) is 114 cm³/mol. The minimum absolute atomic E-state index is 0.114. The van der Waals surface area contributed by atoms with Crippen molar-refractivity contribution >= 4 is 18.2 Å². The second-order valence-electron chi connectivity index (χ2n) is 7.44. The minimum atomic E-state index is 0.114. The Hall–Kier alpha value is -2.60. The highest BCUT2D eigenvalue weighted by molar-refractivity contribution is 5.63. The summed E-state index contributed by atoms with van der Waals surface area (Å²) in [6.07, 6.45) is 10.2. The van der Waals surface area contributed by atoms with Crippen molar-refractivity contribution in [1.82, 2.24) is 0 Å². The molecule has 2 rings (SSSR count). The van der Waals surface area contributed by atoms with Gasteiger partial charge in [0.25, 0.3) is 0 Å². The highest BCUT2D eigenvalue weighted by atomic mass is 14.2. The zero-order valence-electron chi connectivity index (χ0n) is 15.8. The molecule has 0 heterocycles. The Kier molecular flexibility index (Phi) is 5.98. The van der Waals surface area contributed by atoms with Crippen LogP contribution in [0.2, 0.25) is 0 Å². The Labute approximate surface area is 152 Å². The van der Waals surface area contributed by atoms with Gasteiger partial charge in [-0.1, -0.05) is 101 Å². The van der Waals surface area contributed by atoms with Gasteiger partial charge in [-0.05, 0) is 51.8 Å². The summed E-state index contributed by atoms with van der Waals surface area (Å²) in [5.74, 6) is 0. The molecule has 0 N–H and O–H groups in total. The minimum Gasteiger partial charge on any atom is -0.0985 e. The van der Waals surface area contributed by atoms with Crippen LogP contribution in [0, 0.1) is 6.92 Å². The number of benzene rings is 2. The summed E-state index contributed by atoms with van der Waals surface area (Å²) in [5.41, 5.74) is 7.21. The van der Waals surface area contributed by atoms with E-state index in [2.05, 4.69) is 108 Å². The van der Waals surface area contributed by atoms with Crippen LogP contribution in [0.25, 0.3) is 18.2 Å². The third-order valence-electron chi connectivity index (χ3n) is 4.23. The van der Waals surface area contributed by atoms with Gasteiger partial charge in [0.1, 0.15) is 0 Å². The summed E-state index contributed by atoms with van der Waals surface area (Å²) in [6, 6.07) is 14.9. The lowest BCUT2D eigenvalue weighted by atomic mass is 9.85. The normalized spacial score (nSPS) is 12.0. The molecule has 0 heteroatoms. The third kappa shape index (κ3) is 5.46. The van der Waals surface area contributed by atoms with Crippen molar-refractivity contribution in [2.75, 3.05) is 0 Å². The van der Waals surface area contributed by atoms with Crippen LogP contribution < -0.4 is 0 Å². The summed E-state index contributed by atoms with van der Waals surface area (Å²) in [4.78, 5) is 0. The van der Waals surface area contributed by atoms with Crippen molar-refractivity contribution < 1.29 is 0 Å². The van der Waals surface area contributed by atoms with E-state index in [0.29, 0.717) is 0 Å². The maximum Gasteiger partial charge on any atom is -0.0131 e. The van der Waals surface area contributed by atoms with Crippen LogP contribution in [0.15, 0.2) is 73.3 Å². The molecule has 0 nitrogen and oxygen atoms in total. The first kappa shape index (κ1) is 18.7. The average Bonchev–Trinajstić information content (AvgIpc) is 2.58. The largest absolute Gasteiger partial charge is 0.0985 e. The lowest BCUT2D eigenvalue weighted by molar-refractivity contribution is 0.590. The van der Waals surface area contributed by atoms with Crippen molar-refractivity contribution in [1.29, 1.82) is 0 Å². The molecule has 0 saturated carbocycles. The van der Waals surface area contributed by atoms with E-state index in [1.165, 1.54) is 22.3 Å². The molecular weight excluding hydrogens is 300 g/mol. The molecule has 0 aliphatic rings. The number of aryl methyl sites for hydroxylation is 1. The number of allylic oxidation sites excluding steroid dienone is 3. The molecule has 25 heavy (non-hydrogen) atoms. The molecule has 0 aliphatic carbocycles. The lowest BCUT2D eigenvalue weighted by Crippen LogP contribution is -2.11. The average molecular weight is 328 g/mol. The number of hydrogen-bond donors (Lipinski definition) is 0. The van der Waals surface area contributed by atoms with E-state index in [1.54, 1.807) is 0 Å². The molecular formula is C25H28. The molecule has 0 saturated heterocycles. The maximum absolute atomic E-state index is 4.13. The van der Waals surface area contributed by atoms with E-state index < -0.39 is 0 Å². The van der Waals surface area contributed by atoms with E-state index in [0.717, 1.165) is 11.1 Å². The fraction of sp³-hybridized carbons (Fsp3) is 0.200. The van der Waals surface area contributed by atoms with E-state index in [-0.39, 0.29) is 5.41 Å². The Morgan fingerprint density at radius 1 is 0.920 bits per heavy atom. The van der Waals surface area contributed by atoms with Gasteiger partial charge in [-0.2, -0.15) is 0 Å². The quantitative estimate of drug-likeness (QED) is 0.508. The number of rotatable bonds is 5. The molecule has 0 aliphatic heterocycles. The molecule has 0 bridgehead atoms. The van der Waals surface area contributed by atoms with Gasteiger partial charge in [-0.3, -0.25) is 0 Å². The van der Waals surface area contributed by atoms with Crippen molar-refractivity contribution in [3.8, 4) is 0 Å². The van der Waals surface area contributed by atoms with Gasteiger partial charge >= 0.3 is 0 Å². The van der Waals surface area contributed by atoms with Gasteiger partial charge in [-0.15, -0.1) is 0 Å². The zero-order chi connectivity index (χ0) is 18.4. The van der Waals surface area contributed by atoms with Crippen LogP contribution in [0.5, 0.6) is 0 Å². The second-order valence-corrected chi connectivity index (χ2v) is 7.44. The monoisotopic (exact) mass is 328 g/mol. The van der Waals surface area contributed by atoms with Gasteiger partial charge in [0, 0.05) is 0 Å². The van der Waals surface area contributed by atoms with Crippen molar-refractivity contribution in [2.24, 2.45) is 0 Å². The van der Waals surface area contributed by atoms with Crippen molar-refractivity contribution in [3.05, 3.63) is 101 Å². The summed E-state index contributed by atoms with van der Waals surface area (Å²) in [5, 5.41) is 0. The highest BCUT2D eigenvalue weighted by Crippen LogP contribution is 2.25. The second kappa shape index (κ2) is 7.98. The molecule has 0 aromatic heterocycles. The van der Waals surface area contributed by atoms with Gasteiger partial charge < -0.3 is 0 Å². The molecule has 2 aromatic carbocycles. The van der Waals surface area contributed by atoms with Crippen LogP contribution >= 0.6 is 0 Å². The molecule has 0 radical (unpaired) electrons. The summed E-state index contributed by atoms with van der Waals surface area (Å²) >= 11 is 0. The third-order valence-corrected chi connectivity index (χ3v) is 4.23. The SMILES string of the molecule is C=Cc1cc(/C=C/C(=C)/C=C\c2ccccc2C)cc(C(C)(C)C)c1. The van der Waals surface area contributed by atoms with Gasteiger partial charge in [0.05, 0.1) is 0 Å². The Morgan fingerprint density at radius 2 is 1.56 bits per heavy atom. The fourth-order valence-electron chi connectivity index (χ4n) is 2.55. The van der Waals surface area contributed by atoms with Crippen LogP contribution in [-0.4, -0.2) is 0 Å². The summed E-state index contributed by atoms with van der Waals surface area (Å²) < 4.78 is 0. The van der Waals surface area contributed by atoms with Crippen LogP contribution in [0.4, 0.5) is 0 Å². The Morgan fingerprint density at radius 3 is 2.20 bits per heavy atom. The molecule has 0 fully saturated rings. The maximum atomic E-state index is 4.13. The predicted octanol–water partition coefficient (Wildman–Crippen LogP) is 7.22. The molecule has 0 unspecified atom stereocenters. The standard InChI is InChI=1S/C25H28/c1-7-21-16-22(18-24(17-21)25(4,5)6)14-12-19(2)13-15-23-11-9-8-10-20(23)3/h7-18H,1-2H2,3-6H3/b14-12+,15-13-. The van der Waals surface area contributed by atoms with Crippen LogP contribution in [0.1, 0.15) is 48.6 Å². The van der Waals surface area contributed by atoms with E-state index in [9.17, 15) is 0 Å². The van der Waals surface area contributed by atoms with E-state index in [1.807, 2.05) is 6.08 Å². The molecule has 0 amide bonds. The lowest BCUT2D eigenvalue weighted by Gasteiger charge is -2.20. The Bertz CT molecular complexity index is 823. The van der Waals surface area contributed by atoms with Gasteiger partial charge in [-0.25, -0.2) is 0 Å². The summed E-state index contributed by atoms with van der Waals surface area (Å²) in [7, 11) is 0. The van der Waals surface area contributed by atoms with Gasteiger partial charge in [0.2, 0.25) is 0 Å². The van der Waals surface area contributed by atoms with Crippen LogP contribution in [-0.2, 0) is 5.41 Å². The molecule has 0 atom stereocenters. The molecule has 2 aromatic rings. The summed E-state index contributed by atoms with van der Waals surface area (Å²) in [6.45, 7) is 16.8. The molecule has 0 spiro atoms. The topological polar surface area (TPSA) is 0 Å². The van der Waals surface area contributed by atoms with E-state index in [4.69, 9.17) is 0 Å². The molecule has 128 valence electrons. The first-order chi connectivity index (χ1) is 11.8.